The molecule has 0 unspecified atom stereocenters. The molecule has 3 aliphatic rings. The number of alkyl halides is 2. The van der Waals surface area contributed by atoms with Crippen molar-refractivity contribution in [1.82, 2.24) is 9.80 Å². The summed E-state index contributed by atoms with van der Waals surface area (Å²) in [5, 5.41) is 0. The average Bonchev–Trinajstić information content (AvgIpc) is 3.42. The molecule has 3 aliphatic heterocycles. The van der Waals surface area contributed by atoms with Gasteiger partial charge < -0.3 is 25.2 Å². The Balaban J connectivity index is 1.70. The van der Waals surface area contributed by atoms with Gasteiger partial charge in [-0.2, -0.15) is 0 Å². The van der Waals surface area contributed by atoms with Crippen LogP contribution >= 0.6 is 0 Å². The number of benzene rings is 1. The molecule has 0 aromatic heterocycles. The highest BCUT2D eigenvalue weighted by molar-refractivity contribution is 5.99. The number of amides is 2. The van der Waals surface area contributed by atoms with Crippen molar-refractivity contribution in [2.75, 3.05) is 50.8 Å². The van der Waals surface area contributed by atoms with Crippen LogP contribution < -0.4 is 10.6 Å². The molecule has 198 valence electrons. The van der Waals surface area contributed by atoms with E-state index in [-0.39, 0.29) is 30.4 Å². The first-order chi connectivity index (χ1) is 17.1. The van der Waals surface area contributed by atoms with E-state index >= 15 is 0 Å². The summed E-state index contributed by atoms with van der Waals surface area (Å²) in [7, 11) is 0. The van der Waals surface area contributed by atoms with Crippen LogP contribution in [-0.4, -0.2) is 91.8 Å². The van der Waals surface area contributed by atoms with E-state index in [0.29, 0.717) is 12.0 Å². The first-order valence-corrected chi connectivity index (χ1v) is 12.8. The lowest BCUT2D eigenvalue weighted by Crippen LogP contribution is -2.46. The van der Waals surface area contributed by atoms with Crippen molar-refractivity contribution in [2.45, 2.75) is 51.7 Å². The quantitative estimate of drug-likeness (QED) is 0.580. The molecule has 0 bridgehead atoms. The zero-order valence-corrected chi connectivity index (χ0v) is 21.2. The minimum Gasteiger partial charge on any atom is -0.369 e. The Kier molecular flexibility index (Phi) is 7.94. The molecule has 1 aromatic rings. The number of halogens is 2. The Morgan fingerprint density at radius 2 is 1.86 bits per heavy atom. The van der Waals surface area contributed by atoms with E-state index in [1.54, 1.807) is 6.07 Å². The minimum atomic E-state index is -2.71. The smallest absolute Gasteiger partial charge is 0.249 e. The van der Waals surface area contributed by atoms with Gasteiger partial charge in [0, 0.05) is 44.0 Å². The van der Waals surface area contributed by atoms with Crippen molar-refractivity contribution in [2.24, 2.45) is 17.6 Å². The van der Waals surface area contributed by atoms with Gasteiger partial charge in [0.1, 0.15) is 12.6 Å². The second kappa shape index (κ2) is 10.8. The monoisotopic (exact) mass is 506 g/mol. The number of hydrogen-bond acceptors (Lipinski definition) is 6. The van der Waals surface area contributed by atoms with Crippen LogP contribution in [0.4, 0.5) is 14.5 Å². The van der Waals surface area contributed by atoms with Crippen LogP contribution in [0.5, 0.6) is 0 Å². The summed E-state index contributed by atoms with van der Waals surface area (Å²) in [5.41, 5.74) is 7.32. The molecule has 36 heavy (non-hydrogen) atoms. The molecule has 0 radical (unpaired) electrons. The van der Waals surface area contributed by atoms with E-state index in [1.165, 1.54) is 4.90 Å². The number of carbonyl (C=O) groups excluding carboxylic acids is 3. The number of piperazine rings is 1. The van der Waals surface area contributed by atoms with Crippen molar-refractivity contribution >= 4 is 23.3 Å². The van der Waals surface area contributed by atoms with E-state index in [1.807, 2.05) is 26.0 Å². The van der Waals surface area contributed by atoms with Gasteiger partial charge >= 0.3 is 0 Å². The van der Waals surface area contributed by atoms with E-state index in [2.05, 4.69) is 16.7 Å². The second-order valence-corrected chi connectivity index (χ2v) is 10.4. The highest BCUT2D eigenvalue weighted by Gasteiger charge is 2.55. The van der Waals surface area contributed by atoms with Gasteiger partial charge in [-0.3, -0.25) is 14.4 Å². The molecular weight excluding hydrogens is 470 g/mol. The number of hydrogen-bond donors (Lipinski definition) is 1. The first-order valence-electron chi connectivity index (χ1n) is 12.8. The van der Waals surface area contributed by atoms with Crippen molar-refractivity contribution in [1.29, 1.82) is 0 Å². The highest BCUT2D eigenvalue weighted by Crippen LogP contribution is 2.39. The molecule has 0 saturated carbocycles. The van der Waals surface area contributed by atoms with Crippen molar-refractivity contribution in [3.8, 4) is 0 Å². The number of ether oxygens (including phenoxy) is 1. The predicted octanol–water partition coefficient (Wildman–Crippen LogP) is 2.12. The molecule has 3 saturated heterocycles. The zero-order valence-electron chi connectivity index (χ0n) is 21.2. The topological polar surface area (TPSA) is 96.2 Å². The molecule has 2 amide bonds. The summed E-state index contributed by atoms with van der Waals surface area (Å²) in [6.07, 6.45) is -3.33. The van der Waals surface area contributed by atoms with Gasteiger partial charge in [-0.25, -0.2) is 8.78 Å². The Morgan fingerprint density at radius 1 is 1.17 bits per heavy atom. The van der Waals surface area contributed by atoms with Gasteiger partial charge in [0.05, 0.1) is 17.9 Å². The predicted molar refractivity (Wildman–Crippen MR) is 131 cm³/mol. The fraction of sp³-hybridized carbons (Fsp3) is 0.654. The number of rotatable bonds is 8. The SMILES string of the molecule is CCN1CCN(c2ccc(C(N)=O)c([C@H](CC(C)C)C(=O)N3C[C@H](C(F)F)[C@H]4OCC(=O)[C@H]43)c2)CC1. The van der Waals surface area contributed by atoms with Crippen molar-refractivity contribution < 1.29 is 27.9 Å². The summed E-state index contributed by atoms with van der Waals surface area (Å²) in [6, 6.07) is 4.32. The van der Waals surface area contributed by atoms with Crippen LogP contribution in [-0.2, 0) is 14.3 Å². The Morgan fingerprint density at radius 3 is 2.44 bits per heavy atom. The molecule has 4 atom stereocenters. The first kappa shape index (κ1) is 26.5. The number of ketones is 1. The van der Waals surface area contributed by atoms with Gasteiger partial charge in [-0.05, 0) is 42.6 Å². The number of primary amides is 1. The molecular formula is C26H36F2N4O4. The van der Waals surface area contributed by atoms with Gasteiger partial charge in [-0.15, -0.1) is 0 Å². The molecule has 0 aliphatic carbocycles. The van der Waals surface area contributed by atoms with Crippen LogP contribution in [0.1, 0.15) is 49.0 Å². The zero-order chi connectivity index (χ0) is 26.1. The minimum absolute atomic E-state index is 0.0660. The molecule has 1 aromatic carbocycles. The Labute approximate surface area is 210 Å². The van der Waals surface area contributed by atoms with Gasteiger partial charge in [0.25, 0.3) is 0 Å². The summed E-state index contributed by atoms with van der Waals surface area (Å²) < 4.78 is 32.9. The van der Waals surface area contributed by atoms with Crippen molar-refractivity contribution in [3.05, 3.63) is 29.3 Å². The van der Waals surface area contributed by atoms with E-state index in [4.69, 9.17) is 10.5 Å². The van der Waals surface area contributed by atoms with Crippen LogP contribution in [0.2, 0.25) is 0 Å². The highest BCUT2D eigenvalue weighted by atomic mass is 19.3. The number of likely N-dealkylation sites (tertiary alicyclic amines) is 1. The summed E-state index contributed by atoms with van der Waals surface area (Å²) in [4.78, 5) is 44.8. The fourth-order valence-corrected chi connectivity index (χ4v) is 5.76. The maximum Gasteiger partial charge on any atom is 0.249 e. The lowest BCUT2D eigenvalue weighted by atomic mass is 9.85. The summed E-state index contributed by atoms with van der Waals surface area (Å²) in [6.45, 7) is 9.92. The molecule has 10 heteroatoms. The number of Topliss-reactive ketones (excluding diaryl/α,β-unsaturated/α-hetero) is 1. The summed E-state index contributed by atoms with van der Waals surface area (Å²) >= 11 is 0. The number of fused-ring (bicyclic) bond motifs is 1. The Bertz CT molecular complexity index is 996. The second-order valence-electron chi connectivity index (χ2n) is 10.4. The molecule has 4 rings (SSSR count). The van der Waals surface area contributed by atoms with Gasteiger partial charge in [0.15, 0.2) is 5.78 Å². The maximum absolute atomic E-state index is 14.0. The third kappa shape index (κ3) is 5.11. The van der Waals surface area contributed by atoms with Crippen LogP contribution in [0.25, 0.3) is 0 Å². The summed E-state index contributed by atoms with van der Waals surface area (Å²) in [5.74, 6) is -3.40. The van der Waals surface area contributed by atoms with Crippen molar-refractivity contribution in [3.63, 3.8) is 0 Å². The van der Waals surface area contributed by atoms with Gasteiger partial charge in [0.2, 0.25) is 18.2 Å². The van der Waals surface area contributed by atoms with Crippen LogP contribution in [0, 0.1) is 11.8 Å². The van der Waals surface area contributed by atoms with E-state index in [0.717, 1.165) is 38.4 Å². The number of nitrogens with two attached hydrogens (primary N) is 1. The lowest BCUT2D eigenvalue weighted by molar-refractivity contribution is -0.138. The normalized spacial score (nSPS) is 25.6. The molecule has 2 N–H and O–H groups in total. The van der Waals surface area contributed by atoms with Crippen LogP contribution in [0.3, 0.4) is 0 Å². The number of nitrogens with zero attached hydrogens (tertiary/aromatic N) is 3. The molecule has 3 heterocycles. The van der Waals surface area contributed by atoms with E-state index in [9.17, 15) is 23.2 Å². The number of carbonyl (C=O) groups is 3. The van der Waals surface area contributed by atoms with E-state index < -0.39 is 42.2 Å². The molecule has 8 nitrogen and oxygen atoms in total. The third-order valence-electron chi connectivity index (χ3n) is 7.70. The maximum atomic E-state index is 14.0. The largest absolute Gasteiger partial charge is 0.369 e. The third-order valence-corrected chi connectivity index (χ3v) is 7.70. The standard InChI is InChI=1S/C26H36F2N4O4/c1-4-30-7-9-31(10-8-30)16-5-6-17(25(29)34)18(12-16)19(11-15(2)3)26(35)32-13-20(24(27)28)23-22(32)21(33)14-36-23/h5-6,12,15,19-20,22-24H,4,7-11,13-14H2,1-3H3,(H2,29,34)/t19-,20-,22+,23+/m0/s1. The fourth-order valence-electron chi connectivity index (χ4n) is 5.76. The number of likely N-dealkylation sites (N-methyl/N-ethyl adjacent to an activating group) is 1. The van der Waals surface area contributed by atoms with Crippen LogP contribution in [0.15, 0.2) is 18.2 Å². The number of anilines is 1. The Hall–Kier alpha value is -2.59. The molecule has 0 spiro atoms. The lowest BCUT2D eigenvalue weighted by Gasteiger charge is -2.36. The average molecular weight is 507 g/mol. The molecule has 3 fully saturated rings. The van der Waals surface area contributed by atoms with Gasteiger partial charge in [-0.1, -0.05) is 20.8 Å².